The van der Waals surface area contributed by atoms with Crippen molar-refractivity contribution in [1.29, 1.82) is 5.26 Å². The van der Waals surface area contributed by atoms with Crippen molar-refractivity contribution in [3.8, 4) is 6.07 Å². The predicted molar refractivity (Wildman–Crippen MR) is 66.6 cm³/mol. The lowest BCUT2D eigenvalue weighted by Gasteiger charge is -2.24. The van der Waals surface area contributed by atoms with Gasteiger partial charge in [0.1, 0.15) is 17.6 Å². The van der Waals surface area contributed by atoms with Crippen molar-refractivity contribution in [2.75, 3.05) is 11.4 Å². The van der Waals surface area contributed by atoms with Gasteiger partial charge >= 0.3 is 12.1 Å². The second-order valence-corrected chi connectivity index (χ2v) is 4.75. The van der Waals surface area contributed by atoms with Gasteiger partial charge in [0.2, 0.25) is 0 Å². The molecule has 1 saturated carbocycles. The fourth-order valence-electron chi connectivity index (χ4n) is 1.98. The van der Waals surface area contributed by atoms with Crippen molar-refractivity contribution in [2.24, 2.45) is 0 Å². The number of nitriles is 1. The van der Waals surface area contributed by atoms with Gasteiger partial charge in [0, 0.05) is 12.6 Å². The van der Waals surface area contributed by atoms with Crippen LogP contribution < -0.4 is 4.90 Å². The number of carboxylic acids is 1. The first-order valence-corrected chi connectivity index (χ1v) is 6.29. The first kappa shape index (κ1) is 15.1. The number of pyridine rings is 1. The fourth-order valence-corrected chi connectivity index (χ4v) is 1.98. The third-order valence-corrected chi connectivity index (χ3v) is 3.11. The molecule has 0 radical (unpaired) electrons. The Balaban J connectivity index is 2.37. The second-order valence-electron chi connectivity index (χ2n) is 4.75. The predicted octanol–water partition coefficient (Wildman–Crippen LogP) is 2.42. The Hall–Kier alpha value is -2.30. The monoisotopic (exact) mass is 299 g/mol. The van der Waals surface area contributed by atoms with Crippen LogP contribution in [0.5, 0.6) is 0 Å². The maximum absolute atomic E-state index is 12.7. The van der Waals surface area contributed by atoms with E-state index in [1.54, 1.807) is 6.07 Å². The SMILES string of the molecule is N#Cc1ccc(C(F)(F)F)nc1N(CCC(=O)O)C1CC1. The van der Waals surface area contributed by atoms with Gasteiger partial charge in [0.25, 0.3) is 0 Å². The zero-order valence-electron chi connectivity index (χ0n) is 10.9. The molecular weight excluding hydrogens is 287 g/mol. The summed E-state index contributed by atoms with van der Waals surface area (Å²) in [4.78, 5) is 15.7. The van der Waals surface area contributed by atoms with Gasteiger partial charge in [-0.15, -0.1) is 0 Å². The summed E-state index contributed by atoms with van der Waals surface area (Å²) in [5.74, 6) is -1.14. The number of halogens is 3. The van der Waals surface area contributed by atoms with Crippen molar-refractivity contribution >= 4 is 11.8 Å². The third kappa shape index (κ3) is 3.62. The van der Waals surface area contributed by atoms with Gasteiger partial charge in [-0.2, -0.15) is 18.4 Å². The smallest absolute Gasteiger partial charge is 0.433 e. The van der Waals surface area contributed by atoms with E-state index in [0.29, 0.717) is 0 Å². The Morgan fingerprint density at radius 3 is 2.62 bits per heavy atom. The van der Waals surface area contributed by atoms with E-state index >= 15 is 0 Å². The van der Waals surface area contributed by atoms with E-state index in [1.807, 2.05) is 0 Å². The van der Waals surface area contributed by atoms with Gasteiger partial charge in [-0.1, -0.05) is 0 Å². The Morgan fingerprint density at radius 1 is 1.48 bits per heavy atom. The first-order chi connectivity index (χ1) is 9.82. The maximum Gasteiger partial charge on any atom is 0.433 e. The number of hydrogen-bond donors (Lipinski definition) is 1. The quantitative estimate of drug-likeness (QED) is 0.903. The molecule has 5 nitrogen and oxygen atoms in total. The average molecular weight is 299 g/mol. The summed E-state index contributed by atoms with van der Waals surface area (Å²) in [6, 6.07) is 3.58. The van der Waals surface area contributed by atoms with Crippen molar-refractivity contribution in [3.05, 3.63) is 23.4 Å². The van der Waals surface area contributed by atoms with Gasteiger partial charge in [-0.05, 0) is 25.0 Å². The van der Waals surface area contributed by atoms with Crippen LogP contribution in [0.15, 0.2) is 12.1 Å². The lowest BCUT2D eigenvalue weighted by atomic mass is 10.2. The van der Waals surface area contributed by atoms with E-state index in [1.165, 1.54) is 4.90 Å². The Kier molecular flexibility index (Phi) is 4.02. The molecule has 8 heteroatoms. The molecule has 0 saturated heterocycles. The van der Waals surface area contributed by atoms with Gasteiger partial charge in [-0.3, -0.25) is 4.79 Å². The molecule has 2 rings (SSSR count). The molecule has 0 atom stereocenters. The number of hydrogen-bond acceptors (Lipinski definition) is 4. The summed E-state index contributed by atoms with van der Waals surface area (Å²) in [6.07, 6.45) is -3.32. The molecule has 21 heavy (non-hydrogen) atoms. The molecule has 112 valence electrons. The highest BCUT2D eigenvalue weighted by molar-refractivity contribution is 5.68. The van der Waals surface area contributed by atoms with E-state index < -0.39 is 17.8 Å². The molecule has 0 spiro atoms. The molecule has 1 heterocycles. The summed E-state index contributed by atoms with van der Waals surface area (Å²) in [5.41, 5.74) is -1.07. The summed E-state index contributed by atoms with van der Waals surface area (Å²) in [6.45, 7) is 0.0307. The lowest BCUT2D eigenvalue weighted by Crippen LogP contribution is -2.30. The van der Waals surface area contributed by atoms with Crippen molar-refractivity contribution < 1.29 is 23.1 Å². The minimum absolute atomic E-state index is 0.0142. The molecule has 1 aromatic rings. The third-order valence-electron chi connectivity index (χ3n) is 3.11. The number of alkyl halides is 3. The highest BCUT2D eigenvalue weighted by Gasteiger charge is 2.36. The van der Waals surface area contributed by atoms with Crippen LogP contribution in [-0.4, -0.2) is 28.6 Å². The maximum atomic E-state index is 12.7. The van der Waals surface area contributed by atoms with Crippen molar-refractivity contribution in [2.45, 2.75) is 31.5 Å². The summed E-state index contributed by atoms with van der Waals surface area (Å²) in [7, 11) is 0. The van der Waals surface area contributed by atoms with Crippen molar-refractivity contribution in [3.63, 3.8) is 0 Å². The number of carbonyl (C=O) groups is 1. The van der Waals surface area contributed by atoms with Crippen LogP contribution in [-0.2, 0) is 11.0 Å². The number of nitrogens with zero attached hydrogens (tertiary/aromatic N) is 3. The number of anilines is 1. The van der Waals surface area contributed by atoms with Crippen molar-refractivity contribution in [1.82, 2.24) is 4.98 Å². The molecule has 1 N–H and O–H groups in total. The Labute approximate surface area is 118 Å². The van der Waals surface area contributed by atoms with Crippen LogP contribution in [0.25, 0.3) is 0 Å². The largest absolute Gasteiger partial charge is 0.481 e. The highest BCUT2D eigenvalue weighted by Crippen LogP contribution is 2.35. The van der Waals surface area contributed by atoms with E-state index in [4.69, 9.17) is 10.4 Å². The van der Waals surface area contributed by atoms with Crippen LogP contribution in [0.3, 0.4) is 0 Å². The molecule has 1 aliphatic rings. The minimum Gasteiger partial charge on any atom is -0.481 e. The molecule has 0 unspecified atom stereocenters. The van der Waals surface area contributed by atoms with Crippen LogP contribution in [0.1, 0.15) is 30.5 Å². The normalized spacial score (nSPS) is 14.6. The molecule has 0 aromatic carbocycles. The lowest BCUT2D eigenvalue weighted by molar-refractivity contribution is -0.141. The molecular formula is C13H12F3N3O2. The number of aromatic nitrogens is 1. The molecule has 0 amide bonds. The Morgan fingerprint density at radius 2 is 2.14 bits per heavy atom. The van der Waals surface area contributed by atoms with Crippen LogP contribution >= 0.6 is 0 Å². The van der Waals surface area contributed by atoms with E-state index in [2.05, 4.69) is 4.98 Å². The fraction of sp³-hybridized carbons (Fsp3) is 0.462. The van der Waals surface area contributed by atoms with E-state index in [0.717, 1.165) is 25.0 Å². The van der Waals surface area contributed by atoms with Crippen LogP contribution in [0.2, 0.25) is 0 Å². The van der Waals surface area contributed by atoms with Crippen LogP contribution in [0.4, 0.5) is 19.0 Å². The summed E-state index contributed by atoms with van der Waals surface area (Å²) < 4.78 is 38.2. The van der Waals surface area contributed by atoms with Crippen LogP contribution in [0, 0.1) is 11.3 Å². The van der Waals surface area contributed by atoms with Gasteiger partial charge < -0.3 is 10.0 Å². The molecule has 0 bridgehead atoms. The topological polar surface area (TPSA) is 77.2 Å². The number of aliphatic carboxylic acids is 1. The number of carboxylic acid groups (broad SMARTS) is 1. The average Bonchev–Trinajstić information content (AvgIpc) is 3.22. The molecule has 1 aromatic heterocycles. The standard InChI is InChI=1S/C13H12F3N3O2/c14-13(15,16)10-4-1-8(7-17)12(18-10)19(9-2-3-9)6-5-11(20)21/h1,4,9H,2-3,5-6H2,(H,20,21). The Bertz CT molecular complexity index is 591. The summed E-state index contributed by atoms with van der Waals surface area (Å²) in [5, 5.41) is 17.8. The molecule has 1 fully saturated rings. The van der Waals surface area contributed by atoms with Gasteiger partial charge in [-0.25, -0.2) is 4.98 Å². The number of rotatable bonds is 5. The molecule has 0 aliphatic heterocycles. The summed E-state index contributed by atoms with van der Waals surface area (Å²) >= 11 is 0. The second kappa shape index (κ2) is 5.60. The zero-order valence-corrected chi connectivity index (χ0v) is 10.9. The first-order valence-electron chi connectivity index (χ1n) is 6.29. The minimum atomic E-state index is -4.61. The van der Waals surface area contributed by atoms with Gasteiger partial charge in [0.05, 0.1) is 12.0 Å². The van der Waals surface area contributed by atoms with E-state index in [9.17, 15) is 18.0 Å². The highest BCUT2D eigenvalue weighted by atomic mass is 19.4. The zero-order chi connectivity index (χ0) is 15.6. The van der Waals surface area contributed by atoms with Gasteiger partial charge in [0.15, 0.2) is 0 Å². The van der Waals surface area contributed by atoms with E-state index in [-0.39, 0.29) is 30.4 Å². The molecule has 1 aliphatic carbocycles.